The Hall–Kier alpha value is -2.51. The first kappa shape index (κ1) is 15.9. The zero-order chi connectivity index (χ0) is 16.7. The molecule has 0 saturated carbocycles. The molecule has 1 heterocycles. The van der Waals surface area contributed by atoms with Gasteiger partial charge in [0.25, 0.3) is 5.69 Å². The lowest BCUT2D eigenvalue weighted by Crippen LogP contribution is -2.36. The number of aryl methyl sites for hydroxylation is 1. The molecule has 0 atom stereocenters. The molecule has 0 bridgehead atoms. The van der Waals surface area contributed by atoms with Gasteiger partial charge < -0.3 is 0 Å². The van der Waals surface area contributed by atoms with Crippen molar-refractivity contribution in [3.63, 3.8) is 0 Å². The maximum Gasteiger partial charge on any atom is 0.346 e. The monoisotopic (exact) mass is 308 g/mol. The summed E-state index contributed by atoms with van der Waals surface area (Å²) >= 11 is 0. The molecule has 1 aromatic carbocycles. The van der Waals surface area contributed by atoms with E-state index in [2.05, 4.69) is 5.10 Å². The van der Waals surface area contributed by atoms with Gasteiger partial charge in [-0.05, 0) is 33.8 Å². The molecule has 2 aromatic rings. The molecule has 22 heavy (non-hydrogen) atoms. The van der Waals surface area contributed by atoms with E-state index in [-0.39, 0.29) is 17.8 Å². The molecule has 0 unspecified atom stereocenters. The third-order valence-electron chi connectivity index (χ3n) is 3.29. The molecule has 0 radical (unpaired) electrons. The highest BCUT2D eigenvalue weighted by Gasteiger charge is 2.24. The van der Waals surface area contributed by atoms with Gasteiger partial charge in [0.1, 0.15) is 11.6 Å². The molecule has 118 valence electrons. The highest BCUT2D eigenvalue weighted by atomic mass is 19.1. The lowest BCUT2D eigenvalue weighted by Gasteiger charge is -2.16. The Balaban J connectivity index is 2.57. The maximum absolute atomic E-state index is 14.0. The fourth-order valence-electron chi connectivity index (χ4n) is 2.15. The van der Waals surface area contributed by atoms with Crippen LogP contribution < -0.4 is 5.69 Å². The highest BCUT2D eigenvalue weighted by Crippen LogP contribution is 2.22. The lowest BCUT2D eigenvalue weighted by atomic mass is 10.1. The van der Waals surface area contributed by atoms with Crippen LogP contribution in [0.2, 0.25) is 0 Å². The predicted molar refractivity (Wildman–Crippen MR) is 78.4 cm³/mol. The van der Waals surface area contributed by atoms with Crippen LogP contribution in [0.25, 0.3) is 0 Å². The summed E-state index contributed by atoms with van der Waals surface area (Å²) in [7, 11) is 0. The van der Waals surface area contributed by atoms with Gasteiger partial charge in [0.15, 0.2) is 0 Å². The van der Waals surface area contributed by atoms with Crippen molar-refractivity contribution in [1.29, 1.82) is 0 Å². The number of hydrogen-bond donors (Lipinski definition) is 0. The summed E-state index contributed by atoms with van der Waals surface area (Å²) in [6, 6.07) is 3.62. The van der Waals surface area contributed by atoms with Crippen molar-refractivity contribution in [1.82, 2.24) is 14.3 Å². The van der Waals surface area contributed by atoms with E-state index in [0.717, 1.165) is 6.07 Å². The molecule has 0 aliphatic heterocycles. The van der Waals surface area contributed by atoms with E-state index in [1.54, 1.807) is 6.92 Å². The Morgan fingerprint density at radius 3 is 2.50 bits per heavy atom. The molecule has 0 aliphatic rings. The van der Waals surface area contributed by atoms with Crippen LogP contribution in [0.1, 0.15) is 32.2 Å². The maximum atomic E-state index is 14.0. The van der Waals surface area contributed by atoms with E-state index in [0.29, 0.717) is 5.82 Å². The summed E-state index contributed by atoms with van der Waals surface area (Å²) in [5.74, 6) is -0.346. The minimum atomic E-state index is -0.719. The number of hydrogen-bond acceptors (Lipinski definition) is 4. The molecule has 8 heteroatoms. The summed E-state index contributed by atoms with van der Waals surface area (Å²) in [4.78, 5) is 22.8. The molecule has 0 N–H and O–H groups in total. The summed E-state index contributed by atoms with van der Waals surface area (Å²) < 4.78 is 16.5. The molecular formula is C14H17FN4O3. The smallest absolute Gasteiger partial charge is 0.274 e. The van der Waals surface area contributed by atoms with Gasteiger partial charge in [0.05, 0.1) is 22.6 Å². The van der Waals surface area contributed by atoms with Crippen molar-refractivity contribution in [2.24, 2.45) is 0 Å². The number of benzene rings is 1. The predicted octanol–water partition coefficient (Wildman–Crippen LogP) is 2.20. The molecule has 0 amide bonds. The van der Waals surface area contributed by atoms with E-state index in [1.807, 2.05) is 20.8 Å². The van der Waals surface area contributed by atoms with Gasteiger partial charge in [-0.3, -0.25) is 14.7 Å². The number of aromatic nitrogens is 3. The van der Waals surface area contributed by atoms with Crippen molar-refractivity contribution < 1.29 is 9.31 Å². The van der Waals surface area contributed by atoms with Crippen molar-refractivity contribution in [3.8, 4) is 0 Å². The molecule has 0 saturated heterocycles. The largest absolute Gasteiger partial charge is 0.346 e. The first-order valence-corrected chi connectivity index (χ1v) is 6.71. The van der Waals surface area contributed by atoms with E-state index in [4.69, 9.17) is 0 Å². The molecular weight excluding hydrogens is 291 g/mol. The van der Waals surface area contributed by atoms with Gasteiger partial charge in [0.2, 0.25) is 0 Å². The quantitative estimate of drug-likeness (QED) is 0.643. The van der Waals surface area contributed by atoms with Gasteiger partial charge in [-0.15, -0.1) is 0 Å². The Morgan fingerprint density at radius 1 is 1.36 bits per heavy atom. The molecule has 0 aliphatic carbocycles. The summed E-state index contributed by atoms with van der Waals surface area (Å²) in [6.45, 7) is 6.82. The van der Waals surface area contributed by atoms with E-state index in [1.165, 1.54) is 21.4 Å². The second-order valence-electron chi connectivity index (χ2n) is 5.99. The summed E-state index contributed by atoms with van der Waals surface area (Å²) in [5, 5.41) is 15.2. The Morgan fingerprint density at radius 2 is 2.00 bits per heavy atom. The van der Waals surface area contributed by atoms with Crippen LogP contribution in [-0.4, -0.2) is 19.3 Å². The molecule has 0 fully saturated rings. The number of nitro groups is 1. The van der Waals surface area contributed by atoms with E-state index < -0.39 is 22.0 Å². The number of rotatable bonds is 3. The third kappa shape index (κ3) is 2.76. The molecule has 2 rings (SSSR count). The van der Waals surface area contributed by atoms with Gasteiger partial charge in [-0.2, -0.15) is 5.10 Å². The van der Waals surface area contributed by atoms with Crippen LogP contribution in [0.4, 0.5) is 10.1 Å². The van der Waals surface area contributed by atoms with Gasteiger partial charge in [-0.25, -0.2) is 13.9 Å². The Bertz CT molecular complexity index is 786. The SMILES string of the molecule is Cc1nn(C(C)(C)C)c(=O)n1Cc1c(F)cccc1[N+](=O)[O-]. The van der Waals surface area contributed by atoms with Gasteiger partial charge >= 0.3 is 5.69 Å². The van der Waals surface area contributed by atoms with Crippen LogP contribution >= 0.6 is 0 Å². The van der Waals surface area contributed by atoms with Crippen molar-refractivity contribution in [2.45, 2.75) is 39.8 Å². The van der Waals surface area contributed by atoms with E-state index >= 15 is 0 Å². The van der Waals surface area contributed by atoms with Crippen LogP contribution in [0.15, 0.2) is 23.0 Å². The zero-order valence-electron chi connectivity index (χ0n) is 12.8. The number of nitrogens with zero attached hydrogens (tertiary/aromatic N) is 4. The third-order valence-corrected chi connectivity index (χ3v) is 3.29. The average Bonchev–Trinajstić information content (AvgIpc) is 2.68. The van der Waals surface area contributed by atoms with Crippen LogP contribution in [0.3, 0.4) is 0 Å². The molecule has 0 spiro atoms. The number of nitro benzene ring substituents is 1. The summed E-state index contributed by atoms with van der Waals surface area (Å²) in [5.41, 5.74) is -1.45. The van der Waals surface area contributed by atoms with Crippen molar-refractivity contribution in [3.05, 3.63) is 56.0 Å². The van der Waals surface area contributed by atoms with Crippen LogP contribution in [-0.2, 0) is 12.1 Å². The topological polar surface area (TPSA) is 83.0 Å². The standard InChI is InChI=1S/C14H17FN4O3/c1-9-16-18(14(2,3)4)13(20)17(9)8-10-11(15)6-5-7-12(10)19(21)22/h5-7H,8H2,1-4H3. The van der Waals surface area contributed by atoms with Crippen LogP contribution in [0.5, 0.6) is 0 Å². The number of halogens is 1. The molecule has 7 nitrogen and oxygen atoms in total. The summed E-state index contributed by atoms with van der Waals surface area (Å²) in [6.07, 6.45) is 0. The van der Waals surface area contributed by atoms with Crippen molar-refractivity contribution >= 4 is 5.69 Å². The van der Waals surface area contributed by atoms with Crippen molar-refractivity contribution in [2.75, 3.05) is 0 Å². The normalized spacial score (nSPS) is 11.7. The first-order valence-electron chi connectivity index (χ1n) is 6.71. The minimum Gasteiger partial charge on any atom is -0.274 e. The van der Waals surface area contributed by atoms with Gasteiger partial charge in [-0.1, -0.05) is 6.07 Å². The fraction of sp³-hybridized carbons (Fsp3) is 0.429. The molecule has 1 aromatic heterocycles. The van der Waals surface area contributed by atoms with Gasteiger partial charge in [0, 0.05) is 6.07 Å². The fourth-order valence-corrected chi connectivity index (χ4v) is 2.15. The second-order valence-corrected chi connectivity index (χ2v) is 5.99. The van der Waals surface area contributed by atoms with Crippen LogP contribution in [0, 0.1) is 22.9 Å². The average molecular weight is 308 g/mol. The lowest BCUT2D eigenvalue weighted by molar-refractivity contribution is -0.385. The van der Waals surface area contributed by atoms with E-state index in [9.17, 15) is 19.3 Å². The second kappa shape index (κ2) is 5.36. The first-order chi connectivity index (χ1) is 10.1. The highest BCUT2D eigenvalue weighted by molar-refractivity contribution is 5.41. The Kier molecular flexibility index (Phi) is 3.87. The Labute approximate surface area is 126 Å². The minimum absolute atomic E-state index is 0.133. The zero-order valence-corrected chi connectivity index (χ0v) is 12.8.